The molecule has 0 spiro atoms. The quantitative estimate of drug-likeness (QED) is 0.727. The summed E-state index contributed by atoms with van der Waals surface area (Å²) >= 11 is 5.43. The highest BCUT2D eigenvalue weighted by Crippen LogP contribution is 2.35. The van der Waals surface area contributed by atoms with Crippen molar-refractivity contribution in [2.45, 2.75) is 24.9 Å². The molecule has 0 aliphatic rings. The Bertz CT molecular complexity index is 410. The molecule has 0 N–H and O–H groups in total. The zero-order chi connectivity index (χ0) is 13.9. The van der Waals surface area contributed by atoms with Gasteiger partial charge in [-0.2, -0.15) is 0 Å². The molecule has 18 heavy (non-hydrogen) atoms. The SMILES string of the molecule is COC(CC(F)(F)C(F)F)c1ccc(Cl)c(F)c1. The summed E-state index contributed by atoms with van der Waals surface area (Å²) in [6.07, 6.45) is -6.37. The highest BCUT2D eigenvalue weighted by atomic mass is 35.5. The van der Waals surface area contributed by atoms with Crippen LogP contribution >= 0.6 is 11.6 Å². The molecule has 1 aromatic rings. The molecule has 0 aromatic heterocycles. The monoisotopic (exact) mass is 288 g/mol. The number of hydrogen-bond donors (Lipinski definition) is 0. The van der Waals surface area contributed by atoms with Gasteiger partial charge in [0.15, 0.2) is 0 Å². The van der Waals surface area contributed by atoms with E-state index in [0.717, 1.165) is 19.2 Å². The minimum absolute atomic E-state index is 0.0275. The van der Waals surface area contributed by atoms with Gasteiger partial charge in [-0.1, -0.05) is 17.7 Å². The first-order chi connectivity index (χ1) is 8.27. The van der Waals surface area contributed by atoms with Crippen LogP contribution in [0, 0.1) is 5.82 Å². The van der Waals surface area contributed by atoms with E-state index in [4.69, 9.17) is 16.3 Å². The molecular weight excluding hydrogens is 279 g/mol. The minimum atomic E-state index is -4.20. The molecule has 0 amide bonds. The van der Waals surface area contributed by atoms with Crippen LogP contribution in [0.4, 0.5) is 22.0 Å². The predicted octanol–water partition coefficient (Wildman–Crippen LogP) is 4.46. The average Bonchev–Trinajstić information content (AvgIpc) is 2.29. The Morgan fingerprint density at radius 2 is 1.94 bits per heavy atom. The molecule has 0 saturated carbocycles. The van der Waals surface area contributed by atoms with Crippen molar-refractivity contribution in [3.8, 4) is 0 Å². The molecule has 1 aromatic carbocycles. The first-order valence-electron chi connectivity index (χ1n) is 4.91. The summed E-state index contributed by atoms with van der Waals surface area (Å²) in [5.41, 5.74) is 0.0275. The van der Waals surface area contributed by atoms with Gasteiger partial charge in [-0.25, -0.2) is 22.0 Å². The molecule has 0 saturated heterocycles. The van der Waals surface area contributed by atoms with Crippen LogP contribution in [0.25, 0.3) is 0 Å². The van der Waals surface area contributed by atoms with Crippen LogP contribution in [-0.4, -0.2) is 19.5 Å². The van der Waals surface area contributed by atoms with Crippen molar-refractivity contribution in [3.05, 3.63) is 34.6 Å². The molecule has 0 heterocycles. The largest absolute Gasteiger partial charge is 0.377 e. The van der Waals surface area contributed by atoms with Crippen LogP contribution in [-0.2, 0) is 4.74 Å². The zero-order valence-corrected chi connectivity index (χ0v) is 10.0. The second-order valence-electron chi connectivity index (χ2n) is 3.66. The van der Waals surface area contributed by atoms with Crippen LogP contribution in [0.3, 0.4) is 0 Å². The van der Waals surface area contributed by atoms with Gasteiger partial charge in [0.1, 0.15) is 5.82 Å². The van der Waals surface area contributed by atoms with Gasteiger partial charge in [0.2, 0.25) is 0 Å². The van der Waals surface area contributed by atoms with Crippen molar-refractivity contribution < 1.29 is 26.7 Å². The van der Waals surface area contributed by atoms with Crippen molar-refractivity contribution in [2.75, 3.05) is 7.11 Å². The Morgan fingerprint density at radius 1 is 1.33 bits per heavy atom. The maximum atomic E-state index is 13.1. The van der Waals surface area contributed by atoms with Gasteiger partial charge in [-0.3, -0.25) is 0 Å². The fraction of sp³-hybridized carbons (Fsp3) is 0.455. The standard InChI is InChI=1S/C11H10ClF5O/c1-18-9(5-11(16,17)10(14)15)6-2-3-7(12)8(13)4-6/h2-4,9-10H,5H2,1H3. The van der Waals surface area contributed by atoms with E-state index in [9.17, 15) is 22.0 Å². The summed E-state index contributed by atoms with van der Waals surface area (Å²) in [7, 11) is 1.08. The van der Waals surface area contributed by atoms with Crippen LogP contribution in [0.15, 0.2) is 18.2 Å². The lowest BCUT2D eigenvalue weighted by Crippen LogP contribution is -2.29. The van der Waals surface area contributed by atoms with E-state index in [1.165, 1.54) is 6.07 Å². The van der Waals surface area contributed by atoms with Crippen LogP contribution in [0.1, 0.15) is 18.1 Å². The van der Waals surface area contributed by atoms with Crippen molar-refractivity contribution in [2.24, 2.45) is 0 Å². The molecule has 0 bridgehead atoms. The Morgan fingerprint density at radius 3 is 2.39 bits per heavy atom. The first-order valence-corrected chi connectivity index (χ1v) is 5.29. The maximum absolute atomic E-state index is 13.1. The summed E-state index contributed by atoms with van der Waals surface area (Å²) in [4.78, 5) is 0. The number of halogens is 6. The van der Waals surface area contributed by atoms with Crippen molar-refractivity contribution >= 4 is 11.6 Å². The lowest BCUT2D eigenvalue weighted by molar-refractivity contribution is -0.152. The summed E-state index contributed by atoms with van der Waals surface area (Å²) in [5.74, 6) is -5.02. The van der Waals surface area contributed by atoms with Gasteiger partial charge in [0.25, 0.3) is 0 Å². The fourth-order valence-electron chi connectivity index (χ4n) is 1.39. The molecule has 0 aliphatic heterocycles. The van der Waals surface area contributed by atoms with Crippen LogP contribution < -0.4 is 0 Å². The van der Waals surface area contributed by atoms with E-state index >= 15 is 0 Å². The fourth-order valence-corrected chi connectivity index (χ4v) is 1.50. The van der Waals surface area contributed by atoms with Gasteiger partial charge >= 0.3 is 12.3 Å². The van der Waals surface area contributed by atoms with Crippen molar-refractivity contribution in [1.82, 2.24) is 0 Å². The van der Waals surface area contributed by atoms with E-state index in [-0.39, 0.29) is 10.6 Å². The van der Waals surface area contributed by atoms with E-state index in [2.05, 4.69) is 0 Å². The molecule has 102 valence electrons. The highest BCUT2D eigenvalue weighted by molar-refractivity contribution is 6.30. The zero-order valence-electron chi connectivity index (χ0n) is 9.27. The second-order valence-corrected chi connectivity index (χ2v) is 4.07. The molecule has 0 radical (unpaired) electrons. The third-order valence-corrected chi connectivity index (χ3v) is 2.68. The molecule has 1 atom stereocenters. The smallest absolute Gasteiger partial charge is 0.310 e. The van der Waals surface area contributed by atoms with Crippen molar-refractivity contribution in [3.63, 3.8) is 0 Å². The summed E-state index contributed by atoms with van der Waals surface area (Å²) in [6, 6.07) is 3.29. The molecule has 0 aliphatic carbocycles. The van der Waals surface area contributed by atoms with E-state index < -0.39 is 30.7 Å². The maximum Gasteiger partial charge on any atom is 0.310 e. The summed E-state index contributed by atoms with van der Waals surface area (Å²) in [6.45, 7) is 0. The first kappa shape index (κ1) is 15.2. The van der Waals surface area contributed by atoms with Gasteiger partial charge < -0.3 is 4.74 Å². The third-order valence-electron chi connectivity index (χ3n) is 2.38. The third kappa shape index (κ3) is 3.55. The molecule has 7 heteroatoms. The lowest BCUT2D eigenvalue weighted by atomic mass is 10.0. The average molecular weight is 289 g/mol. The Kier molecular flexibility index (Phi) is 4.92. The number of hydrogen-bond acceptors (Lipinski definition) is 1. The number of ether oxygens (including phenoxy) is 1. The summed E-state index contributed by atoms with van der Waals surface area (Å²) in [5, 5.41) is -0.186. The molecule has 1 rings (SSSR count). The van der Waals surface area contributed by atoms with Gasteiger partial charge in [0, 0.05) is 13.5 Å². The molecular formula is C11H10ClF5O. The van der Waals surface area contributed by atoms with Gasteiger partial charge in [-0.15, -0.1) is 0 Å². The molecule has 1 nitrogen and oxygen atoms in total. The minimum Gasteiger partial charge on any atom is -0.377 e. The summed E-state index contributed by atoms with van der Waals surface area (Å²) < 4.78 is 67.8. The molecule has 0 fully saturated rings. The lowest BCUT2D eigenvalue weighted by Gasteiger charge is -2.22. The number of rotatable bonds is 5. The Balaban J connectivity index is 2.93. The number of methoxy groups -OCH3 is 1. The molecule has 1 unspecified atom stereocenters. The van der Waals surface area contributed by atoms with E-state index in [1.54, 1.807) is 0 Å². The Hall–Kier alpha value is -0.880. The van der Waals surface area contributed by atoms with E-state index in [0.29, 0.717) is 0 Å². The van der Waals surface area contributed by atoms with Gasteiger partial charge in [0.05, 0.1) is 11.1 Å². The van der Waals surface area contributed by atoms with Crippen LogP contribution in [0.5, 0.6) is 0 Å². The Labute approximate surface area is 106 Å². The normalized spacial score (nSPS) is 14.0. The van der Waals surface area contributed by atoms with Gasteiger partial charge in [-0.05, 0) is 17.7 Å². The number of alkyl halides is 4. The van der Waals surface area contributed by atoms with E-state index in [1.807, 2.05) is 0 Å². The number of benzene rings is 1. The highest BCUT2D eigenvalue weighted by Gasteiger charge is 2.43. The second kappa shape index (κ2) is 5.84. The predicted molar refractivity (Wildman–Crippen MR) is 56.7 cm³/mol. The topological polar surface area (TPSA) is 9.23 Å². The van der Waals surface area contributed by atoms with Crippen LogP contribution in [0.2, 0.25) is 5.02 Å². The van der Waals surface area contributed by atoms with Crippen molar-refractivity contribution in [1.29, 1.82) is 0 Å².